The van der Waals surface area contributed by atoms with Crippen LogP contribution in [0.4, 0.5) is 35.5 Å². The van der Waals surface area contributed by atoms with Gasteiger partial charge in [0.2, 0.25) is 0 Å². The zero-order chi connectivity index (χ0) is 27.7. The molecule has 1 heterocycles. The predicted molar refractivity (Wildman–Crippen MR) is 125 cm³/mol. The van der Waals surface area contributed by atoms with E-state index in [1.165, 1.54) is 26.1 Å². The van der Waals surface area contributed by atoms with Crippen molar-refractivity contribution in [3.8, 4) is 0 Å². The van der Waals surface area contributed by atoms with Crippen molar-refractivity contribution in [3.63, 3.8) is 0 Å². The molecule has 11 heteroatoms. The number of carbonyl (C=O) groups excluding carboxylic acids is 1. The zero-order valence-electron chi connectivity index (χ0n) is 21.0. The van der Waals surface area contributed by atoms with Crippen LogP contribution in [0.2, 0.25) is 0 Å². The molecule has 0 aromatic heterocycles. The highest BCUT2D eigenvalue weighted by atomic mass is 19.4. The highest BCUT2D eigenvalue weighted by Crippen LogP contribution is 2.39. The number of benzene rings is 2. The standard InChI is InChI=1S/C26H30F7N3O/c1-5-34-21-8-9-36(23(14-21)22-7-6-20(27)10-15(22)2)24(37)35(4)16(3)17-11-18(25(28,29)30)13-19(12-17)26(31,32)33/h6-7,10-13,16,21,23,34H,5,8-9,14H2,1-4H3/t16-,21?,23?/m1/s1. The summed E-state index contributed by atoms with van der Waals surface area (Å²) in [6.45, 7) is 6.09. The molecule has 0 aliphatic carbocycles. The third-order valence-electron chi connectivity index (χ3n) is 6.91. The minimum atomic E-state index is -4.99. The summed E-state index contributed by atoms with van der Waals surface area (Å²) in [5.41, 5.74) is -1.78. The second kappa shape index (κ2) is 10.9. The molecule has 1 saturated heterocycles. The molecule has 0 bridgehead atoms. The van der Waals surface area contributed by atoms with Crippen molar-refractivity contribution in [1.82, 2.24) is 15.1 Å². The summed E-state index contributed by atoms with van der Waals surface area (Å²) in [6, 6.07) is 3.63. The SMILES string of the molecule is CCNC1CCN(C(=O)N(C)[C@H](C)c2cc(C(F)(F)F)cc(C(F)(F)F)c2)C(c2ccc(F)cc2C)C1. The summed E-state index contributed by atoms with van der Waals surface area (Å²) < 4.78 is 94.0. The Morgan fingerprint density at radius 3 is 2.19 bits per heavy atom. The minimum Gasteiger partial charge on any atom is -0.321 e. The molecule has 2 amide bonds. The van der Waals surface area contributed by atoms with Gasteiger partial charge in [-0.15, -0.1) is 0 Å². The van der Waals surface area contributed by atoms with Crippen LogP contribution in [-0.4, -0.2) is 42.0 Å². The fourth-order valence-electron chi connectivity index (χ4n) is 4.79. The lowest BCUT2D eigenvalue weighted by molar-refractivity contribution is -0.143. The average molecular weight is 534 g/mol. The largest absolute Gasteiger partial charge is 0.416 e. The first-order valence-electron chi connectivity index (χ1n) is 12.0. The zero-order valence-corrected chi connectivity index (χ0v) is 21.0. The quantitative estimate of drug-likeness (QED) is 0.416. The van der Waals surface area contributed by atoms with Gasteiger partial charge < -0.3 is 15.1 Å². The summed E-state index contributed by atoms with van der Waals surface area (Å²) in [4.78, 5) is 16.3. The summed E-state index contributed by atoms with van der Waals surface area (Å²) in [5, 5.41) is 3.35. The molecular formula is C26H30F7N3O. The molecule has 2 aromatic carbocycles. The number of nitrogens with one attached hydrogen (secondary N) is 1. The van der Waals surface area contributed by atoms with Crippen LogP contribution in [0.25, 0.3) is 0 Å². The highest BCUT2D eigenvalue weighted by Gasteiger charge is 2.39. The van der Waals surface area contributed by atoms with Crippen molar-refractivity contribution in [3.05, 3.63) is 70.0 Å². The van der Waals surface area contributed by atoms with Gasteiger partial charge >= 0.3 is 18.4 Å². The van der Waals surface area contributed by atoms with E-state index in [2.05, 4.69) is 5.32 Å². The number of alkyl halides is 6. The summed E-state index contributed by atoms with van der Waals surface area (Å²) in [7, 11) is 1.35. The van der Waals surface area contributed by atoms with Gasteiger partial charge in [0.05, 0.1) is 23.2 Å². The van der Waals surface area contributed by atoms with Gasteiger partial charge in [-0.05, 0) is 80.3 Å². The number of likely N-dealkylation sites (tertiary alicyclic amines) is 1. The number of amides is 2. The third-order valence-corrected chi connectivity index (χ3v) is 6.91. The van der Waals surface area contributed by atoms with Gasteiger partial charge in [-0.3, -0.25) is 0 Å². The normalized spacial score (nSPS) is 19.6. The molecule has 0 spiro atoms. The molecular weight excluding hydrogens is 503 g/mol. The van der Waals surface area contributed by atoms with Crippen LogP contribution in [0.1, 0.15) is 66.6 Å². The van der Waals surface area contributed by atoms with E-state index in [1.54, 1.807) is 17.9 Å². The molecule has 204 valence electrons. The Labute approximate surface area is 211 Å². The van der Waals surface area contributed by atoms with E-state index in [-0.39, 0.29) is 17.7 Å². The Morgan fingerprint density at radius 2 is 1.68 bits per heavy atom. The second-order valence-corrected chi connectivity index (χ2v) is 9.40. The van der Waals surface area contributed by atoms with Gasteiger partial charge in [0.15, 0.2) is 0 Å². The van der Waals surface area contributed by atoms with Gasteiger partial charge in [0.1, 0.15) is 5.82 Å². The van der Waals surface area contributed by atoms with E-state index in [9.17, 15) is 35.5 Å². The van der Waals surface area contributed by atoms with Gasteiger partial charge in [-0.1, -0.05) is 13.0 Å². The fraction of sp³-hybridized carbons (Fsp3) is 0.500. The minimum absolute atomic E-state index is 0.0664. The first kappa shape index (κ1) is 28.7. The number of aryl methyl sites for hydroxylation is 1. The summed E-state index contributed by atoms with van der Waals surface area (Å²) >= 11 is 0. The Bertz CT molecular complexity index is 1080. The third kappa shape index (κ3) is 6.55. The molecule has 1 fully saturated rings. The first-order valence-corrected chi connectivity index (χ1v) is 12.0. The molecule has 1 N–H and O–H groups in total. The number of nitrogens with zero attached hydrogens (tertiary/aromatic N) is 2. The van der Waals surface area contributed by atoms with Crippen LogP contribution < -0.4 is 5.32 Å². The van der Waals surface area contributed by atoms with E-state index in [4.69, 9.17) is 0 Å². The van der Waals surface area contributed by atoms with Gasteiger partial charge in [0, 0.05) is 19.6 Å². The maximum Gasteiger partial charge on any atom is 0.416 e. The van der Waals surface area contributed by atoms with Crippen molar-refractivity contribution in [2.75, 3.05) is 20.1 Å². The lowest BCUT2D eigenvalue weighted by Gasteiger charge is -2.43. The Morgan fingerprint density at radius 1 is 1.08 bits per heavy atom. The van der Waals surface area contributed by atoms with Crippen LogP contribution in [0.15, 0.2) is 36.4 Å². The molecule has 4 nitrogen and oxygen atoms in total. The molecule has 2 aromatic rings. The Hall–Kier alpha value is -2.82. The smallest absolute Gasteiger partial charge is 0.321 e. The molecule has 37 heavy (non-hydrogen) atoms. The van der Waals surface area contributed by atoms with Crippen molar-refractivity contribution < 1.29 is 35.5 Å². The van der Waals surface area contributed by atoms with Crippen LogP contribution in [-0.2, 0) is 12.4 Å². The first-order chi connectivity index (χ1) is 17.1. The van der Waals surface area contributed by atoms with Gasteiger partial charge in [0.25, 0.3) is 0 Å². The molecule has 1 aliphatic heterocycles. The van der Waals surface area contributed by atoms with Crippen molar-refractivity contribution >= 4 is 6.03 Å². The molecule has 2 unspecified atom stereocenters. The van der Waals surface area contributed by atoms with Crippen LogP contribution in [0.3, 0.4) is 0 Å². The molecule has 3 atom stereocenters. The maximum atomic E-state index is 13.8. The average Bonchev–Trinajstić information content (AvgIpc) is 2.81. The number of rotatable bonds is 5. The molecule has 1 aliphatic rings. The van der Waals surface area contributed by atoms with E-state index < -0.39 is 47.4 Å². The topological polar surface area (TPSA) is 35.6 Å². The van der Waals surface area contributed by atoms with E-state index in [0.717, 1.165) is 10.5 Å². The summed E-state index contributed by atoms with van der Waals surface area (Å²) in [6.07, 6.45) is -8.84. The Kier molecular flexibility index (Phi) is 8.46. The van der Waals surface area contributed by atoms with Gasteiger partial charge in [-0.25, -0.2) is 9.18 Å². The van der Waals surface area contributed by atoms with Crippen LogP contribution in [0, 0.1) is 12.7 Å². The summed E-state index contributed by atoms with van der Waals surface area (Å²) in [5.74, 6) is -0.422. The Balaban J connectivity index is 1.96. The second-order valence-electron chi connectivity index (χ2n) is 9.40. The van der Waals surface area contributed by atoms with Crippen molar-refractivity contribution in [2.45, 2.75) is 64.1 Å². The van der Waals surface area contributed by atoms with Crippen LogP contribution in [0.5, 0.6) is 0 Å². The van der Waals surface area contributed by atoms with Crippen molar-refractivity contribution in [1.29, 1.82) is 0 Å². The fourth-order valence-corrected chi connectivity index (χ4v) is 4.79. The lowest BCUT2D eigenvalue weighted by atomic mass is 9.89. The number of hydrogen-bond acceptors (Lipinski definition) is 2. The molecule has 3 rings (SSSR count). The van der Waals surface area contributed by atoms with E-state index in [1.807, 2.05) is 6.92 Å². The van der Waals surface area contributed by atoms with Crippen LogP contribution >= 0.6 is 0 Å². The number of piperidine rings is 1. The number of urea groups is 1. The molecule has 0 radical (unpaired) electrons. The lowest BCUT2D eigenvalue weighted by Crippen LogP contribution is -2.51. The highest BCUT2D eigenvalue weighted by molar-refractivity contribution is 5.75. The predicted octanol–water partition coefficient (Wildman–Crippen LogP) is 7.10. The van der Waals surface area contributed by atoms with Gasteiger partial charge in [-0.2, -0.15) is 26.3 Å². The monoisotopic (exact) mass is 533 g/mol. The number of halogens is 7. The molecule has 0 saturated carbocycles. The van der Waals surface area contributed by atoms with Crippen molar-refractivity contribution in [2.24, 2.45) is 0 Å². The van der Waals surface area contributed by atoms with E-state index >= 15 is 0 Å². The number of carbonyl (C=O) groups is 1. The van der Waals surface area contributed by atoms with E-state index in [0.29, 0.717) is 43.6 Å². The number of hydrogen-bond donors (Lipinski definition) is 1. The maximum absolute atomic E-state index is 13.8.